The van der Waals surface area contributed by atoms with Crippen molar-refractivity contribution in [3.05, 3.63) is 89.5 Å². The number of hydrogen-bond acceptors (Lipinski definition) is 4. The van der Waals surface area contributed by atoms with E-state index in [2.05, 4.69) is 15.4 Å². The summed E-state index contributed by atoms with van der Waals surface area (Å²) in [6, 6.07) is 19.9. The van der Waals surface area contributed by atoms with Gasteiger partial charge in [0.05, 0.1) is 12.3 Å². The van der Waals surface area contributed by atoms with Crippen LogP contribution in [0.3, 0.4) is 0 Å². The van der Waals surface area contributed by atoms with Crippen LogP contribution in [0.25, 0.3) is 17.1 Å². The van der Waals surface area contributed by atoms with E-state index in [1.165, 1.54) is 24.3 Å². The normalized spacial score (nSPS) is 10.7. The molecule has 0 bridgehead atoms. The Morgan fingerprint density at radius 2 is 1.71 bits per heavy atom. The number of halogens is 2. The van der Waals surface area contributed by atoms with Crippen LogP contribution in [0.2, 0.25) is 5.02 Å². The van der Waals surface area contributed by atoms with E-state index in [1.807, 2.05) is 31.2 Å². The molecule has 0 aliphatic rings. The second-order valence-corrected chi connectivity index (χ2v) is 7.00. The maximum Gasteiger partial charge on any atom is 0.295 e. The highest BCUT2D eigenvalue weighted by Crippen LogP contribution is 2.24. The molecule has 0 aliphatic carbocycles. The summed E-state index contributed by atoms with van der Waals surface area (Å²) in [6.45, 7) is 2.47. The van der Waals surface area contributed by atoms with Crippen LogP contribution >= 0.6 is 11.6 Å². The minimum absolute atomic E-state index is 0.0249. The van der Waals surface area contributed by atoms with Crippen LogP contribution in [0.15, 0.2) is 72.8 Å². The number of hydrogen-bond donors (Lipinski definition) is 1. The standard InChI is InChI=1S/C23H18ClFN4O2/c1-2-31-20-13-11-19(12-14-20)29-22(15-3-5-16(24)6-4-15)27-21(28-29)23(30)26-18-9-7-17(25)8-10-18/h3-14H,2H2,1H3,(H,26,30). The van der Waals surface area contributed by atoms with Crippen molar-refractivity contribution in [3.8, 4) is 22.8 Å². The molecule has 4 aromatic rings. The molecule has 0 fully saturated rings. The number of nitrogens with zero attached hydrogens (tertiary/aromatic N) is 3. The summed E-state index contributed by atoms with van der Waals surface area (Å²) in [5, 5.41) is 7.68. The predicted octanol–water partition coefficient (Wildman–Crippen LogP) is 5.38. The number of rotatable bonds is 6. The molecule has 0 radical (unpaired) electrons. The van der Waals surface area contributed by atoms with Gasteiger partial charge in [-0.1, -0.05) is 11.6 Å². The quantitative estimate of drug-likeness (QED) is 0.440. The second kappa shape index (κ2) is 8.97. The number of benzene rings is 3. The number of amides is 1. The molecule has 31 heavy (non-hydrogen) atoms. The largest absolute Gasteiger partial charge is 0.494 e. The van der Waals surface area contributed by atoms with Gasteiger partial charge in [0.15, 0.2) is 5.82 Å². The Morgan fingerprint density at radius 3 is 2.35 bits per heavy atom. The molecule has 0 spiro atoms. The smallest absolute Gasteiger partial charge is 0.295 e. The van der Waals surface area contributed by atoms with Gasteiger partial charge in [-0.2, -0.15) is 0 Å². The number of anilines is 1. The van der Waals surface area contributed by atoms with E-state index in [0.717, 1.165) is 11.3 Å². The van der Waals surface area contributed by atoms with Crippen molar-refractivity contribution in [2.45, 2.75) is 6.92 Å². The van der Waals surface area contributed by atoms with Crippen molar-refractivity contribution in [2.75, 3.05) is 11.9 Å². The van der Waals surface area contributed by atoms with Crippen molar-refractivity contribution in [2.24, 2.45) is 0 Å². The summed E-state index contributed by atoms with van der Waals surface area (Å²) in [7, 11) is 0. The minimum Gasteiger partial charge on any atom is -0.494 e. The SMILES string of the molecule is CCOc1ccc(-n2nc(C(=O)Nc3ccc(F)cc3)nc2-c2ccc(Cl)cc2)cc1. The summed E-state index contributed by atoms with van der Waals surface area (Å²) >= 11 is 6.01. The van der Waals surface area contributed by atoms with Crippen molar-refractivity contribution in [1.29, 1.82) is 0 Å². The van der Waals surface area contributed by atoms with Crippen LogP contribution in [0.1, 0.15) is 17.5 Å². The van der Waals surface area contributed by atoms with Crippen LogP contribution in [0, 0.1) is 5.82 Å². The van der Waals surface area contributed by atoms with Gasteiger partial charge in [-0.3, -0.25) is 4.79 Å². The average molecular weight is 437 g/mol. The van der Waals surface area contributed by atoms with Gasteiger partial charge in [0, 0.05) is 16.3 Å². The lowest BCUT2D eigenvalue weighted by molar-refractivity contribution is 0.101. The van der Waals surface area contributed by atoms with E-state index in [4.69, 9.17) is 16.3 Å². The molecule has 156 valence electrons. The Morgan fingerprint density at radius 1 is 1.03 bits per heavy atom. The molecular weight excluding hydrogens is 419 g/mol. The predicted molar refractivity (Wildman–Crippen MR) is 117 cm³/mol. The number of ether oxygens (including phenoxy) is 1. The Balaban J connectivity index is 1.71. The van der Waals surface area contributed by atoms with E-state index < -0.39 is 5.91 Å². The highest BCUT2D eigenvalue weighted by Gasteiger charge is 2.19. The Bertz CT molecular complexity index is 1190. The molecule has 0 saturated carbocycles. The van der Waals surface area contributed by atoms with Crippen molar-refractivity contribution < 1.29 is 13.9 Å². The average Bonchev–Trinajstić information content (AvgIpc) is 3.22. The minimum atomic E-state index is -0.508. The molecule has 1 aromatic heterocycles. The van der Waals surface area contributed by atoms with Gasteiger partial charge in [-0.15, -0.1) is 5.10 Å². The lowest BCUT2D eigenvalue weighted by atomic mass is 10.2. The molecule has 1 heterocycles. The van der Waals surface area contributed by atoms with E-state index >= 15 is 0 Å². The van der Waals surface area contributed by atoms with Gasteiger partial charge in [-0.05, 0) is 79.7 Å². The monoisotopic (exact) mass is 436 g/mol. The van der Waals surface area contributed by atoms with Crippen LogP contribution in [-0.2, 0) is 0 Å². The van der Waals surface area contributed by atoms with E-state index in [1.54, 1.807) is 28.9 Å². The first kappa shape index (κ1) is 20.6. The topological polar surface area (TPSA) is 69.0 Å². The molecule has 4 rings (SSSR count). The third-order valence-corrected chi connectivity index (χ3v) is 4.66. The number of carbonyl (C=O) groups excluding carboxylic acids is 1. The van der Waals surface area contributed by atoms with Crippen molar-refractivity contribution in [3.63, 3.8) is 0 Å². The zero-order valence-electron chi connectivity index (χ0n) is 16.5. The first-order valence-electron chi connectivity index (χ1n) is 9.56. The molecule has 0 saturated heterocycles. The summed E-state index contributed by atoms with van der Waals surface area (Å²) < 4.78 is 20.2. The Kier molecular flexibility index (Phi) is 5.95. The fraction of sp³-hybridized carbons (Fsp3) is 0.0870. The fourth-order valence-electron chi connectivity index (χ4n) is 2.94. The van der Waals surface area contributed by atoms with Gasteiger partial charge < -0.3 is 10.1 Å². The van der Waals surface area contributed by atoms with E-state index in [9.17, 15) is 9.18 Å². The van der Waals surface area contributed by atoms with Gasteiger partial charge in [-0.25, -0.2) is 14.1 Å². The second-order valence-electron chi connectivity index (χ2n) is 6.57. The lowest BCUT2D eigenvalue weighted by Gasteiger charge is -2.08. The molecule has 1 amide bonds. The summed E-state index contributed by atoms with van der Waals surface area (Å²) in [6.07, 6.45) is 0. The highest BCUT2D eigenvalue weighted by atomic mass is 35.5. The molecular formula is C23H18ClFN4O2. The fourth-order valence-corrected chi connectivity index (χ4v) is 3.07. The van der Waals surface area contributed by atoms with Crippen LogP contribution in [0.5, 0.6) is 5.75 Å². The van der Waals surface area contributed by atoms with Crippen LogP contribution < -0.4 is 10.1 Å². The number of nitrogens with one attached hydrogen (secondary N) is 1. The molecule has 0 aliphatic heterocycles. The summed E-state index contributed by atoms with van der Waals surface area (Å²) in [4.78, 5) is 17.2. The van der Waals surface area contributed by atoms with Gasteiger partial charge in [0.25, 0.3) is 5.91 Å². The number of aromatic nitrogens is 3. The zero-order valence-corrected chi connectivity index (χ0v) is 17.3. The maximum atomic E-state index is 13.1. The molecule has 8 heteroatoms. The highest BCUT2D eigenvalue weighted by molar-refractivity contribution is 6.30. The van der Waals surface area contributed by atoms with Gasteiger partial charge >= 0.3 is 0 Å². The number of carbonyl (C=O) groups is 1. The molecule has 6 nitrogen and oxygen atoms in total. The third-order valence-electron chi connectivity index (χ3n) is 4.41. The van der Waals surface area contributed by atoms with Crippen LogP contribution in [0.4, 0.5) is 10.1 Å². The lowest BCUT2D eigenvalue weighted by Crippen LogP contribution is -2.14. The molecule has 0 unspecified atom stereocenters. The Hall–Kier alpha value is -3.71. The first-order chi connectivity index (χ1) is 15.0. The Labute approximate surface area is 183 Å². The zero-order chi connectivity index (χ0) is 21.8. The van der Waals surface area contributed by atoms with Crippen molar-refractivity contribution in [1.82, 2.24) is 14.8 Å². The maximum absolute atomic E-state index is 13.1. The van der Waals surface area contributed by atoms with Gasteiger partial charge in [0.1, 0.15) is 11.6 Å². The van der Waals surface area contributed by atoms with Crippen molar-refractivity contribution >= 4 is 23.2 Å². The third kappa shape index (κ3) is 4.73. The molecule has 1 N–H and O–H groups in total. The first-order valence-corrected chi connectivity index (χ1v) is 9.94. The summed E-state index contributed by atoms with van der Waals surface area (Å²) in [5.41, 5.74) is 1.89. The van der Waals surface area contributed by atoms with E-state index in [0.29, 0.717) is 28.8 Å². The molecule has 3 aromatic carbocycles. The van der Waals surface area contributed by atoms with E-state index in [-0.39, 0.29) is 11.6 Å². The van der Waals surface area contributed by atoms with Gasteiger partial charge in [0.2, 0.25) is 5.82 Å². The van der Waals surface area contributed by atoms with Crippen LogP contribution in [-0.4, -0.2) is 27.3 Å². The molecule has 0 atom stereocenters. The summed E-state index contributed by atoms with van der Waals surface area (Å²) in [5.74, 6) is 0.286.